The summed E-state index contributed by atoms with van der Waals surface area (Å²) in [7, 11) is 1.65. The molecular formula is C22H23FN4O2S. The summed E-state index contributed by atoms with van der Waals surface area (Å²) in [6.45, 7) is 1.23. The molecule has 1 saturated heterocycles. The van der Waals surface area contributed by atoms with Gasteiger partial charge in [-0.3, -0.25) is 4.79 Å². The molecule has 8 heteroatoms. The number of likely N-dealkylation sites (tertiary alicyclic amines) is 1. The van der Waals surface area contributed by atoms with Crippen molar-refractivity contribution < 1.29 is 9.18 Å². The third-order valence-electron chi connectivity index (χ3n) is 5.28. The van der Waals surface area contributed by atoms with Gasteiger partial charge in [0.1, 0.15) is 11.6 Å². The highest BCUT2D eigenvalue weighted by molar-refractivity contribution is 8.00. The Balaban J connectivity index is 1.49. The van der Waals surface area contributed by atoms with E-state index in [2.05, 4.69) is 5.10 Å². The van der Waals surface area contributed by atoms with Gasteiger partial charge in [-0.05, 0) is 49.2 Å². The van der Waals surface area contributed by atoms with Gasteiger partial charge in [-0.25, -0.2) is 18.4 Å². The lowest BCUT2D eigenvalue weighted by Gasteiger charge is -2.32. The van der Waals surface area contributed by atoms with Crippen molar-refractivity contribution in [2.24, 2.45) is 7.05 Å². The number of piperidine rings is 1. The fraction of sp³-hybridized carbons (Fsp3) is 0.318. The number of carbonyl (C=O) groups excluding carboxylic acids is 1. The molecule has 1 aliphatic heterocycles. The molecule has 0 radical (unpaired) electrons. The van der Waals surface area contributed by atoms with Crippen molar-refractivity contribution in [3.8, 4) is 5.69 Å². The minimum Gasteiger partial charge on any atom is -0.341 e. The maximum absolute atomic E-state index is 13.0. The molecule has 2 aromatic carbocycles. The van der Waals surface area contributed by atoms with Gasteiger partial charge in [-0.2, -0.15) is 5.10 Å². The quantitative estimate of drug-likeness (QED) is 0.588. The molecular weight excluding hydrogens is 403 g/mol. The monoisotopic (exact) mass is 426 g/mol. The summed E-state index contributed by atoms with van der Waals surface area (Å²) in [5.41, 5.74) is 0.590. The number of nitrogens with zero attached hydrogens (tertiary/aromatic N) is 4. The van der Waals surface area contributed by atoms with Crippen molar-refractivity contribution in [3.05, 3.63) is 76.7 Å². The number of thioether (sulfide) groups is 1. The normalized spacial score (nSPS) is 16.6. The van der Waals surface area contributed by atoms with Crippen LogP contribution in [0.4, 0.5) is 4.39 Å². The second-order valence-electron chi connectivity index (χ2n) is 7.36. The first kappa shape index (κ1) is 20.4. The number of halogens is 1. The van der Waals surface area contributed by atoms with Crippen LogP contribution in [-0.2, 0) is 11.8 Å². The van der Waals surface area contributed by atoms with Gasteiger partial charge in [-0.1, -0.05) is 18.2 Å². The van der Waals surface area contributed by atoms with Crippen LogP contribution in [-0.4, -0.2) is 44.0 Å². The van der Waals surface area contributed by atoms with Crippen molar-refractivity contribution in [2.75, 3.05) is 18.8 Å². The SMILES string of the molecule is Cn1nc([C@@H]2CCCN(C(=O)CSc3ccc(F)cc3)C2)n(-c2ccccc2)c1=O. The zero-order valence-corrected chi connectivity index (χ0v) is 17.5. The van der Waals surface area contributed by atoms with Gasteiger partial charge in [0.25, 0.3) is 0 Å². The number of aryl methyl sites for hydroxylation is 1. The molecule has 0 bridgehead atoms. The lowest BCUT2D eigenvalue weighted by atomic mass is 9.97. The Hall–Kier alpha value is -2.87. The van der Waals surface area contributed by atoms with Crippen molar-refractivity contribution in [1.82, 2.24) is 19.2 Å². The van der Waals surface area contributed by atoms with Crippen LogP contribution in [0.1, 0.15) is 24.6 Å². The molecule has 1 fully saturated rings. The molecule has 0 N–H and O–H groups in total. The molecule has 1 amide bonds. The first-order valence-electron chi connectivity index (χ1n) is 9.90. The fourth-order valence-electron chi connectivity index (χ4n) is 3.75. The van der Waals surface area contributed by atoms with E-state index in [0.717, 1.165) is 23.4 Å². The summed E-state index contributed by atoms with van der Waals surface area (Å²) in [5, 5.41) is 4.49. The maximum Gasteiger partial charge on any atom is 0.350 e. The van der Waals surface area contributed by atoms with E-state index in [-0.39, 0.29) is 23.3 Å². The standard InChI is InChI=1S/C22H23FN4O2S/c1-25-22(29)27(18-7-3-2-4-8-18)21(24-25)16-6-5-13-26(14-16)20(28)15-30-19-11-9-17(23)10-12-19/h2-4,7-12,16H,5-6,13-15H2,1H3/t16-/m1/s1. The smallest absolute Gasteiger partial charge is 0.341 e. The second kappa shape index (κ2) is 8.87. The summed E-state index contributed by atoms with van der Waals surface area (Å²) >= 11 is 1.40. The van der Waals surface area contributed by atoms with Crippen LogP contribution in [0.5, 0.6) is 0 Å². The number of amides is 1. The van der Waals surface area contributed by atoms with Crippen LogP contribution in [0.3, 0.4) is 0 Å². The summed E-state index contributed by atoms with van der Waals surface area (Å²) < 4.78 is 16.0. The van der Waals surface area contributed by atoms with E-state index in [1.165, 1.54) is 28.6 Å². The predicted molar refractivity (Wildman–Crippen MR) is 114 cm³/mol. The van der Waals surface area contributed by atoms with Crippen LogP contribution in [0.2, 0.25) is 0 Å². The first-order valence-corrected chi connectivity index (χ1v) is 10.9. The number of para-hydroxylation sites is 1. The molecule has 1 aromatic heterocycles. The molecule has 30 heavy (non-hydrogen) atoms. The van der Waals surface area contributed by atoms with Gasteiger partial charge in [0.2, 0.25) is 5.91 Å². The molecule has 1 aliphatic rings. The zero-order chi connectivity index (χ0) is 21.1. The molecule has 6 nitrogen and oxygen atoms in total. The summed E-state index contributed by atoms with van der Waals surface area (Å²) in [4.78, 5) is 28.2. The average Bonchev–Trinajstić information content (AvgIpc) is 3.08. The summed E-state index contributed by atoms with van der Waals surface area (Å²) in [5.74, 6) is 0.736. The van der Waals surface area contributed by atoms with Crippen molar-refractivity contribution >= 4 is 17.7 Å². The number of hydrogen-bond acceptors (Lipinski definition) is 4. The van der Waals surface area contributed by atoms with E-state index in [0.29, 0.717) is 24.7 Å². The first-order chi connectivity index (χ1) is 14.5. The van der Waals surface area contributed by atoms with Gasteiger partial charge in [0.15, 0.2) is 0 Å². The van der Waals surface area contributed by atoms with Gasteiger partial charge < -0.3 is 4.90 Å². The van der Waals surface area contributed by atoms with Crippen LogP contribution in [0, 0.1) is 5.82 Å². The van der Waals surface area contributed by atoms with Crippen molar-refractivity contribution in [2.45, 2.75) is 23.7 Å². The Kier molecular flexibility index (Phi) is 6.03. The second-order valence-corrected chi connectivity index (χ2v) is 8.41. The van der Waals surface area contributed by atoms with Crippen molar-refractivity contribution in [1.29, 1.82) is 0 Å². The van der Waals surface area contributed by atoms with Gasteiger partial charge in [0, 0.05) is 31.0 Å². The van der Waals surface area contributed by atoms with E-state index in [1.54, 1.807) is 23.7 Å². The highest BCUT2D eigenvalue weighted by Crippen LogP contribution is 2.27. The Morgan fingerprint density at radius 2 is 1.90 bits per heavy atom. The average molecular weight is 427 g/mol. The molecule has 2 heterocycles. The van der Waals surface area contributed by atoms with Gasteiger partial charge in [0.05, 0.1) is 11.4 Å². The van der Waals surface area contributed by atoms with Crippen LogP contribution < -0.4 is 5.69 Å². The lowest BCUT2D eigenvalue weighted by Crippen LogP contribution is -2.40. The summed E-state index contributed by atoms with van der Waals surface area (Å²) in [6, 6.07) is 15.6. The highest BCUT2D eigenvalue weighted by atomic mass is 32.2. The minimum atomic E-state index is -0.288. The number of benzene rings is 2. The molecule has 156 valence electrons. The maximum atomic E-state index is 13.0. The molecule has 0 saturated carbocycles. The molecule has 0 unspecified atom stereocenters. The lowest BCUT2D eigenvalue weighted by molar-refractivity contribution is -0.129. The number of aromatic nitrogens is 3. The fourth-order valence-corrected chi connectivity index (χ4v) is 4.55. The number of hydrogen-bond donors (Lipinski definition) is 0. The van der Waals surface area contributed by atoms with Crippen LogP contribution in [0.25, 0.3) is 5.69 Å². The third kappa shape index (κ3) is 4.33. The Morgan fingerprint density at radius 1 is 1.17 bits per heavy atom. The Bertz CT molecular complexity index is 1080. The Morgan fingerprint density at radius 3 is 2.63 bits per heavy atom. The van der Waals surface area contributed by atoms with E-state index < -0.39 is 0 Å². The number of carbonyl (C=O) groups is 1. The number of rotatable bonds is 5. The van der Waals surface area contributed by atoms with Gasteiger partial charge >= 0.3 is 5.69 Å². The van der Waals surface area contributed by atoms with Crippen LogP contribution >= 0.6 is 11.8 Å². The van der Waals surface area contributed by atoms with E-state index in [4.69, 9.17) is 0 Å². The highest BCUT2D eigenvalue weighted by Gasteiger charge is 2.29. The van der Waals surface area contributed by atoms with Gasteiger partial charge in [-0.15, -0.1) is 11.8 Å². The molecule has 1 atom stereocenters. The minimum absolute atomic E-state index is 0.00683. The molecule has 0 aliphatic carbocycles. The molecule has 3 aromatic rings. The predicted octanol–water partition coefficient (Wildman–Crippen LogP) is 3.21. The summed E-state index contributed by atoms with van der Waals surface area (Å²) in [6.07, 6.45) is 1.73. The van der Waals surface area contributed by atoms with E-state index in [1.807, 2.05) is 35.2 Å². The molecule has 4 rings (SSSR count). The topological polar surface area (TPSA) is 60.1 Å². The third-order valence-corrected chi connectivity index (χ3v) is 6.28. The van der Waals surface area contributed by atoms with E-state index >= 15 is 0 Å². The molecule has 0 spiro atoms. The Labute approximate surface area is 178 Å². The zero-order valence-electron chi connectivity index (χ0n) is 16.7. The van der Waals surface area contributed by atoms with Crippen molar-refractivity contribution in [3.63, 3.8) is 0 Å². The van der Waals surface area contributed by atoms with Crippen LogP contribution in [0.15, 0.2) is 64.3 Å². The van der Waals surface area contributed by atoms with E-state index in [9.17, 15) is 14.0 Å². The largest absolute Gasteiger partial charge is 0.350 e.